The van der Waals surface area contributed by atoms with Crippen molar-refractivity contribution in [2.45, 2.75) is 18.2 Å². The number of anilines is 1. The fraction of sp³-hybridized carbons (Fsp3) is 0.261. The summed E-state index contributed by atoms with van der Waals surface area (Å²) in [7, 11) is -1.19. The lowest BCUT2D eigenvalue weighted by Gasteiger charge is -2.29. The Morgan fingerprint density at radius 2 is 1.79 bits per heavy atom. The van der Waals surface area contributed by atoms with Crippen molar-refractivity contribution in [2.24, 2.45) is 0 Å². The van der Waals surface area contributed by atoms with Gasteiger partial charge in [0.05, 0.1) is 13.7 Å². The van der Waals surface area contributed by atoms with Crippen LogP contribution < -0.4 is 21.4 Å². The Bertz CT molecular complexity index is 1110. The van der Waals surface area contributed by atoms with Crippen LogP contribution in [0.5, 0.6) is 0 Å². The number of methoxy groups -OCH3 is 1. The Kier molecular flexibility index (Phi) is 7.28. The largest absolute Gasteiger partial charge is 0.453 e. The highest BCUT2D eigenvalue weighted by molar-refractivity contribution is 8.00. The Balaban J connectivity index is 1.44. The van der Waals surface area contributed by atoms with Gasteiger partial charge in [0.15, 0.2) is 0 Å². The number of hydrogen-bond acceptors (Lipinski definition) is 7. The van der Waals surface area contributed by atoms with Gasteiger partial charge in [0.2, 0.25) is 0 Å². The molecule has 1 fully saturated rings. The topological polar surface area (TPSA) is 91.7 Å². The maximum absolute atomic E-state index is 12.4. The Hall–Kier alpha value is -2.92. The Morgan fingerprint density at radius 3 is 2.36 bits per heavy atom. The Labute approximate surface area is 197 Å². The van der Waals surface area contributed by atoms with E-state index >= 15 is 0 Å². The number of aromatic nitrogens is 2. The molecule has 8 nitrogen and oxygen atoms in total. The van der Waals surface area contributed by atoms with E-state index in [0.717, 1.165) is 0 Å². The van der Waals surface area contributed by atoms with E-state index in [0.29, 0.717) is 12.4 Å². The normalized spacial score (nSPS) is 18.1. The first-order valence-electron chi connectivity index (χ1n) is 10.5. The molecule has 4 rings (SSSR count). The molecule has 3 aromatic rings. The highest BCUT2D eigenvalue weighted by Gasteiger charge is 2.37. The minimum atomic E-state index is -2.43. The molecule has 1 aromatic heterocycles. The highest BCUT2D eigenvalue weighted by Crippen LogP contribution is 2.31. The molecule has 0 saturated carbocycles. The zero-order valence-electron chi connectivity index (χ0n) is 18.3. The summed E-state index contributed by atoms with van der Waals surface area (Å²) in [5.74, 6) is 0.718. The predicted molar refractivity (Wildman–Crippen MR) is 131 cm³/mol. The number of ether oxygens (including phenoxy) is 2. The first-order valence-corrected chi connectivity index (χ1v) is 13.9. The molecule has 2 heterocycles. The van der Waals surface area contributed by atoms with E-state index in [4.69, 9.17) is 9.16 Å². The van der Waals surface area contributed by atoms with Crippen LogP contribution in [-0.4, -0.2) is 48.9 Å². The molecule has 1 amide bonds. The number of hydrogen-bond donors (Lipinski definition) is 1. The number of carbonyl (C=O) groups is 1. The lowest BCUT2D eigenvalue weighted by atomic mass is 10.4. The van der Waals surface area contributed by atoms with Crippen molar-refractivity contribution >= 4 is 42.4 Å². The van der Waals surface area contributed by atoms with Gasteiger partial charge in [0, 0.05) is 11.9 Å². The molecule has 1 aliphatic heterocycles. The van der Waals surface area contributed by atoms with E-state index in [-0.39, 0.29) is 11.3 Å². The van der Waals surface area contributed by atoms with Gasteiger partial charge in [0.1, 0.15) is 17.5 Å². The van der Waals surface area contributed by atoms with Crippen LogP contribution in [0.3, 0.4) is 0 Å². The SMILES string of the molecule is COC(=O)Nc1ccn(C2CSC(CO[Si](C)(c3ccccc3)c3ccccc3)O2)c(=O)n1. The van der Waals surface area contributed by atoms with Crippen LogP contribution in [0.25, 0.3) is 0 Å². The van der Waals surface area contributed by atoms with Gasteiger partial charge in [-0.2, -0.15) is 4.98 Å². The predicted octanol–water partition coefficient (Wildman–Crippen LogP) is 2.42. The van der Waals surface area contributed by atoms with Crippen LogP contribution in [0.15, 0.2) is 77.7 Å². The van der Waals surface area contributed by atoms with Crippen molar-refractivity contribution in [3.05, 3.63) is 83.4 Å². The van der Waals surface area contributed by atoms with Crippen molar-refractivity contribution in [1.82, 2.24) is 9.55 Å². The van der Waals surface area contributed by atoms with Crippen LogP contribution >= 0.6 is 11.8 Å². The minimum absolute atomic E-state index is 0.126. The summed E-state index contributed by atoms with van der Waals surface area (Å²) < 4.78 is 18.6. The first-order chi connectivity index (χ1) is 16.0. The number of thioether (sulfide) groups is 1. The van der Waals surface area contributed by atoms with Gasteiger partial charge >= 0.3 is 11.8 Å². The maximum Gasteiger partial charge on any atom is 0.412 e. The van der Waals surface area contributed by atoms with Gasteiger partial charge in [0.25, 0.3) is 8.32 Å². The lowest BCUT2D eigenvalue weighted by Crippen LogP contribution is -2.59. The van der Waals surface area contributed by atoms with E-state index in [1.807, 2.05) is 36.4 Å². The van der Waals surface area contributed by atoms with Gasteiger partial charge < -0.3 is 13.9 Å². The highest BCUT2D eigenvalue weighted by atomic mass is 32.2. The Morgan fingerprint density at radius 1 is 1.15 bits per heavy atom. The number of amides is 1. The molecular weight excluding hydrogens is 458 g/mol. The van der Waals surface area contributed by atoms with Crippen molar-refractivity contribution in [3.63, 3.8) is 0 Å². The van der Waals surface area contributed by atoms with Crippen LogP contribution in [0.4, 0.5) is 10.6 Å². The second-order valence-corrected chi connectivity index (χ2v) is 12.3. The van der Waals surface area contributed by atoms with Gasteiger partial charge in [-0.1, -0.05) is 60.7 Å². The van der Waals surface area contributed by atoms with E-state index in [1.54, 1.807) is 18.0 Å². The van der Waals surface area contributed by atoms with E-state index < -0.39 is 26.3 Å². The number of rotatable bonds is 7. The van der Waals surface area contributed by atoms with Crippen molar-refractivity contribution in [3.8, 4) is 0 Å². The molecule has 1 saturated heterocycles. The third kappa shape index (κ3) is 5.36. The summed E-state index contributed by atoms with van der Waals surface area (Å²) in [5.41, 5.74) is -0.724. The second-order valence-electron chi connectivity index (χ2n) is 7.55. The summed E-state index contributed by atoms with van der Waals surface area (Å²) in [6.07, 6.45) is 0.410. The van der Waals surface area contributed by atoms with E-state index in [9.17, 15) is 9.59 Å². The van der Waals surface area contributed by atoms with Crippen LogP contribution in [0.1, 0.15) is 6.23 Å². The quantitative estimate of drug-likeness (QED) is 0.516. The molecule has 2 atom stereocenters. The van der Waals surface area contributed by atoms with Gasteiger partial charge in [-0.3, -0.25) is 9.88 Å². The smallest absolute Gasteiger partial charge is 0.412 e. The summed E-state index contributed by atoms with van der Waals surface area (Å²) in [6.45, 7) is 2.59. The molecule has 2 unspecified atom stereocenters. The molecule has 0 spiro atoms. The van der Waals surface area contributed by atoms with Gasteiger partial charge in [-0.05, 0) is 23.0 Å². The average Bonchev–Trinajstić information content (AvgIpc) is 3.32. The summed E-state index contributed by atoms with van der Waals surface area (Å²) in [5, 5.41) is 4.75. The fourth-order valence-electron chi connectivity index (χ4n) is 3.61. The van der Waals surface area contributed by atoms with Crippen LogP contribution in [-0.2, 0) is 13.9 Å². The fourth-order valence-corrected chi connectivity index (χ4v) is 7.53. The standard InChI is InChI=1S/C23H25N3O5SSi/c1-29-23(28)25-19-13-14-26(22(27)24-19)20-16-32-21(31-20)15-30-33(2,17-9-5-3-6-10-17)18-11-7-4-8-12-18/h3-14,20-21H,15-16H2,1-2H3,(H,24,25,27,28). The van der Waals surface area contributed by atoms with E-state index in [1.165, 1.54) is 28.1 Å². The maximum atomic E-state index is 12.4. The molecule has 0 radical (unpaired) electrons. The average molecular weight is 484 g/mol. The molecule has 0 bridgehead atoms. The monoisotopic (exact) mass is 483 g/mol. The zero-order valence-corrected chi connectivity index (χ0v) is 20.2. The summed E-state index contributed by atoms with van der Waals surface area (Å²) in [4.78, 5) is 27.6. The lowest BCUT2D eigenvalue weighted by molar-refractivity contribution is -0.00269. The molecular formula is C23H25N3O5SSi. The second kappa shape index (κ2) is 10.3. The molecule has 1 N–H and O–H groups in total. The number of benzene rings is 2. The molecule has 2 aromatic carbocycles. The molecule has 1 aliphatic rings. The molecule has 10 heteroatoms. The van der Waals surface area contributed by atoms with Crippen LogP contribution in [0.2, 0.25) is 6.55 Å². The van der Waals surface area contributed by atoms with E-state index in [2.05, 4.69) is 45.9 Å². The number of nitrogens with zero attached hydrogens (tertiary/aromatic N) is 2. The van der Waals surface area contributed by atoms with Crippen molar-refractivity contribution < 1.29 is 18.7 Å². The van der Waals surface area contributed by atoms with Crippen molar-refractivity contribution in [1.29, 1.82) is 0 Å². The van der Waals surface area contributed by atoms with Gasteiger partial charge in [-0.25, -0.2) is 9.59 Å². The summed E-state index contributed by atoms with van der Waals surface area (Å²) in [6, 6.07) is 22.1. The third-order valence-corrected chi connectivity index (χ3v) is 10.2. The van der Waals surface area contributed by atoms with Gasteiger partial charge in [-0.15, -0.1) is 11.8 Å². The molecule has 33 heavy (non-hydrogen) atoms. The van der Waals surface area contributed by atoms with Crippen molar-refractivity contribution in [2.75, 3.05) is 24.8 Å². The molecule has 172 valence electrons. The molecule has 0 aliphatic carbocycles. The summed E-state index contributed by atoms with van der Waals surface area (Å²) >= 11 is 1.60. The number of nitrogens with one attached hydrogen (secondary N) is 1. The zero-order chi connectivity index (χ0) is 23.3. The first kappa shape index (κ1) is 23.2. The van der Waals surface area contributed by atoms with Crippen LogP contribution in [0, 0.1) is 0 Å². The minimum Gasteiger partial charge on any atom is -0.453 e. The third-order valence-electron chi connectivity index (χ3n) is 5.45. The number of carbonyl (C=O) groups excluding carboxylic acids is 1.